The molecule has 3 aromatic rings. The van der Waals surface area contributed by atoms with Crippen LogP contribution in [0.2, 0.25) is 0 Å². The summed E-state index contributed by atoms with van der Waals surface area (Å²) in [6, 6.07) is 17.4. The Morgan fingerprint density at radius 3 is 2.19 bits per heavy atom. The number of hydrogen-bond acceptors (Lipinski definition) is 3. The summed E-state index contributed by atoms with van der Waals surface area (Å²) in [6.07, 6.45) is 0. The normalized spacial score (nSPS) is 10.2. The molecule has 0 aliphatic carbocycles. The molecule has 0 aliphatic heterocycles. The first-order valence-electron chi connectivity index (χ1n) is 8.16. The maximum absolute atomic E-state index is 12.4. The molecular formula is C20H19N4O2+. The summed E-state index contributed by atoms with van der Waals surface area (Å²) in [7, 11) is 0. The van der Waals surface area contributed by atoms with Gasteiger partial charge in [0.25, 0.3) is 11.7 Å². The van der Waals surface area contributed by atoms with Gasteiger partial charge in [-0.05, 0) is 50.2 Å². The summed E-state index contributed by atoms with van der Waals surface area (Å²) in [5.74, 6) is 0.447. The highest BCUT2D eigenvalue weighted by Gasteiger charge is 2.15. The number of amides is 2. The van der Waals surface area contributed by atoms with Crippen LogP contribution in [-0.4, -0.2) is 16.8 Å². The van der Waals surface area contributed by atoms with E-state index in [1.165, 1.54) is 0 Å². The SMILES string of the molecule is Cc1cccc(NC(=O)c2cccc(C(=O)Nc3cccc(C)[nH+]3)c2)n1. The molecule has 0 aliphatic rings. The van der Waals surface area contributed by atoms with Gasteiger partial charge in [-0.15, -0.1) is 0 Å². The molecule has 6 nitrogen and oxygen atoms in total. The number of carbonyl (C=O) groups excluding carboxylic acids is 2. The van der Waals surface area contributed by atoms with Crippen LogP contribution in [0.1, 0.15) is 32.1 Å². The smallest absolute Gasteiger partial charge is 0.307 e. The highest BCUT2D eigenvalue weighted by molar-refractivity contribution is 6.08. The van der Waals surface area contributed by atoms with Gasteiger partial charge in [-0.25, -0.2) is 20.1 Å². The second-order valence-corrected chi connectivity index (χ2v) is 5.90. The van der Waals surface area contributed by atoms with Crippen LogP contribution in [0.3, 0.4) is 0 Å². The van der Waals surface area contributed by atoms with E-state index in [-0.39, 0.29) is 11.8 Å². The van der Waals surface area contributed by atoms with Crippen LogP contribution in [0.4, 0.5) is 11.6 Å². The zero-order valence-corrected chi connectivity index (χ0v) is 14.5. The van der Waals surface area contributed by atoms with Crippen molar-refractivity contribution in [1.82, 2.24) is 4.98 Å². The monoisotopic (exact) mass is 347 g/mol. The third kappa shape index (κ3) is 4.30. The molecule has 0 spiro atoms. The van der Waals surface area contributed by atoms with Crippen molar-refractivity contribution < 1.29 is 14.6 Å². The van der Waals surface area contributed by atoms with E-state index < -0.39 is 0 Å². The van der Waals surface area contributed by atoms with Crippen LogP contribution in [0.15, 0.2) is 60.7 Å². The molecule has 0 atom stereocenters. The van der Waals surface area contributed by atoms with Gasteiger partial charge in [0, 0.05) is 17.3 Å². The number of anilines is 2. The lowest BCUT2D eigenvalue weighted by Gasteiger charge is -2.06. The number of aryl methyl sites for hydroxylation is 2. The van der Waals surface area contributed by atoms with Crippen LogP contribution < -0.4 is 15.6 Å². The predicted molar refractivity (Wildman–Crippen MR) is 99.1 cm³/mol. The zero-order chi connectivity index (χ0) is 18.5. The van der Waals surface area contributed by atoms with Gasteiger partial charge in [0.1, 0.15) is 5.82 Å². The molecule has 0 radical (unpaired) electrons. The van der Waals surface area contributed by atoms with Gasteiger partial charge in [0.2, 0.25) is 0 Å². The molecule has 0 unspecified atom stereocenters. The minimum atomic E-state index is -0.320. The standard InChI is InChI=1S/C20H18N4O2/c1-13-6-3-10-17(21-13)23-19(25)15-8-5-9-16(12-15)20(26)24-18-11-4-7-14(2)22-18/h3-12H,1-2H3,(H,21,23,25)(H,22,24,26)/p+1. The average molecular weight is 347 g/mol. The minimum Gasteiger partial charge on any atom is -0.307 e. The van der Waals surface area contributed by atoms with E-state index in [1.54, 1.807) is 36.4 Å². The fraction of sp³-hybridized carbons (Fsp3) is 0.100. The summed E-state index contributed by atoms with van der Waals surface area (Å²) in [5, 5.41) is 5.52. The quantitative estimate of drug-likeness (QED) is 0.761. The Kier molecular flexibility index (Phi) is 5.03. The maximum atomic E-state index is 12.4. The maximum Gasteiger partial charge on any atom is 0.339 e. The number of H-pyrrole nitrogens is 1. The zero-order valence-electron chi connectivity index (χ0n) is 14.5. The third-order valence-corrected chi connectivity index (χ3v) is 3.71. The van der Waals surface area contributed by atoms with E-state index in [4.69, 9.17) is 0 Å². The topological polar surface area (TPSA) is 85.2 Å². The Morgan fingerprint density at radius 1 is 0.846 bits per heavy atom. The summed E-state index contributed by atoms with van der Waals surface area (Å²) >= 11 is 0. The number of nitrogens with zero attached hydrogens (tertiary/aromatic N) is 1. The number of aromatic amines is 1. The van der Waals surface area contributed by atoms with Gasteiger partial charge in [0.15, 0.2) is 0 Å². The van der Waals surface area contributed by atoms with Crippen LogP contribution in [-0.2, 0) is 0 Å². The molecule has 3 rings (SSSR count). The van der Waals surface area contributed by atoms with Gasteiger partial charge in [-0.3, -0.25) is 4.79 Å². The molecule has 2 aromatic heterocycles. The Labute approximate surface area is 151 Å². The van der Waals surface area contributed by atoms with Gasteiger partial charge in [0.05, 0.1) is 11.3 Å². The number of aromatic nitrogens is 2. The number of hydrogen-bond donors (Lipinski definition) is 2. The molecule has 6 heteroatoms. The molecule has 3 N–H and O–H groups in total. The Morgan fingerprint density at radius 2 is 1.50 bits per heavy atom. The first-order chi connectivity index (χ1) is 12.5. The number of pyridine rings is 2. The highest BCUT2D eigenvalue weighted by Crippen LogP contribution is 2.11. The fourth-order valence-corrected chi connectivity index (χ4v) is 2.45. The van der Waals surface area contributed by atoms with E-state index >= 15 is 0 Å². The van der Waals surface area contributed by atoms with Crippen molar-refractivity contribution in [3.05, 3.63) is 83.2 Å². The van der Waals surface area contributed by atoms with Crippen molar-refractivity contribution in [2.75, 3.05) is 10.6 Å². The molecule has 1 aromatic carbocycles. The lowest BCUT2D eigenvalue weighted by atomic mass is 10.1. The molecule has 0 bridgehead atoms. The predicted octanol–water partition coefficient (Wildman–Crippen LogP) is 3.02. The highest BCUT2D eigenvalue weighted by atomic mass is 16.2. The van der Waals surface area contributed by atoms with Gasteiger partial charge in [-0.2, -0.15) is 0 Å². The van der Waals surface area contributed by atoms with E-state index in [1.807, 2.05) is 38.1 Å². The van der Waals surface area contributed by atoms with Crippen molar-refractivity contribution in [2.45, 2.75) is 13.8 Å². The molecule has 0 saturated carbocycles. The van der Waals surface area contributed by atoms with Crippen molar-refractivity contribution >= 4 is 23.5 Å². The second-order valence-electron chi connectivity index (χ2n) is 5.90. The van der Waals surface area contributed by atoms with E-state index in [0.29, 0.717) is 22.8 Å². The average Bonchev–Trinajstić information content (AvgIpc) is 2.62. The lowest BCUT2D eigenvalue weighted by Crippen LogP contribution is -2.21. The van der Waals surface area contributed by atoms with Gasteiger partial charge < -0.3 is 5.32 Å². The lowest BCUT2D eigenvalue weighted by molar-refractivity contribution is -0.370. The molecular weight excluding hydrogens is 328 g/mol. The molecule has 0 saturated heterocycles. The number of nitrogens with one attached hydrogen (secondary N) is 3. The summed E-state index contributed by atoms with van der Waals surface area (Å²) in [6.45, 7) is 3.75. The summed E-state index contributed by atoms with van der Waals surface area (Å²) in [5.41, 5.74) is 2.52. The molecule has 130 valence electrons. The van der Waals surface area contributed by atoms with Crippen LogP contribution in [0.5, 0.6) is 0 Å². The summed E-state index contributed by atoms with van der Waals surface area (Å²) in [4.78, 5) is 32.2. The number of rotatable bonds is 4. The van der Waals surface area contributed by atoms with E-state index in [9.17, 15) is 9.59 Å². The van der Waals surface area contributed by atoms with Crippen LogP contribution >= 0.6 is 0 Å². The van der Waals surface area contributed by atoms with Crippen molar-refractivity contribution in [3.63, 3.8) is 0 Å². The Hall–Kier alpha value is -3.54. The first kappa shape index (κ1) is 17.3. The molecule has 0 fully saturated rings. The van der Waals surface area contributed by atoms with Crippen molar-refractivity contribution in [1.29, 1.82) is 0 Å². The van der Waals surface area contributed by atoms with Crippen molar-refractivity contribution in [3.8, 4) is 0 Å². The van der Waals surface area contributed by atoms with E-state index in [0.717, 1.165) is 11.4 Å². The van der Waals surface area contributed by atoms with Crippen LogP contribution in [0.25, 0.3) is 0 Å². The first-order valence-corrected chi connectivity index (χ1v) is 8.16. The van der Waals surface area contributed by atoms with E-state index in [2.05, 4.69) is 20.6 Å². The number of benzene rings is 1. The van der Waals surface area contributed by atoms with Crippen LogP contribution in [0, 0.1) is 13.8 Å². The largest absolute Gasteiger partial charge is 0.339 e. The molecule has 2 amide bonds. The molecule has 2 heterocycles. The minimum absolute atomic E-state index is 0.296. The third-order valence-electron chi connectivity index (χ3n) is 3.71. The van der Waals surface area contributed by atoms with Gasteiger partial charge >= 0.3 is 5.91 Å². The van der Waals surface area contributed by atoms with Gasteiger partial charge in [-0.1, -0.05) is 18.2 Å². The summed E-state index contributed by atoms with van der Waals surface area (Å²) < 4.78 is 0. The number of carbonyl (C=O) groups is 2. The molecule has 26 heavy (non-hydrogen) atoms. The second kappa shape index (κ2) is 7.57. The Bertz CT molecular complexity index is 895. The van der Waals surface area contributed by atoms with Crippen molar-refractivity contribution in [2.24, 2.45) is 0 Å². The Balaban J connectivity index is 1.75. The fourth-order valence-electron chi connectivity index (χ4n) is 2.45.